The van der Waals surface area contributed by atoms with E-state index in [1.165, 1.54) is 4.68 Å². The zero-order valence-corrected chi connectivity index (χ0v) is 19.8. The van der Waals surface area contributed by atoms with Crippen molar-refractivity contribution in [2.45, 2.75) is 26.2 Å². The summed E-state index contributed by atoms with van der Waals surface area (Å²) >= 11 is 3.42. The van der Waals surface area contributed by atoms with Gasteiger partial charge >= 0.3 is 0 Å². The zero-order chi connectivity index (χ0) is 22.8. The van der Waals surface area contributed by atoms with E-state index in [4.69, 9.17) is 15.0 Å². The van der Waals surface area contributed by atoms with Gasteiger partial charge in [-0.1, -0.05) is 36.7 Å². The number of hydrogen-bond donors (Lipinski definition) is 0. The summed E-state index contributed by atoms with van der Waals surface area (Å²) in [4.78, 5) is 19.9. The second-order valence-corrected chi connectivity index (χ2v) is 9.19. The summed E-state index contributed by atoms with van der Waals surface area (Å²) in [5.41, 5.74) is 1.54. The molecule has 1 heterocycles. The molecule has 0 N–H and O–H groups in total. The number of ether oxygens (including phenoxy) is 1. The van der Waals surface area contributed by atoms with Crippen molar-refractivity contribution in [2.75, 3.05) is 25.6 Å². The van der Waals surface area contributed by atoms with Crippen molar-refractivity contribution in [2.24, 2.45) is 5.10 Å². The fraction of sp³-hybridized carbons (Fsp3) is 0.304. The van der Waals surface area contributed by atoms with Crippen LogP contribution in [0.4, 0.5) is 5.69 Å². The lowest BCUT2D eigenvalue weighted by molar-refractivity contribution is 0.367. The maximum atomic E-state index is 13.3. The molecule has 0 radical (unpaired) electrons. The third-order valence-electron chi connectivity index (χ3n) is 4.60. The van der Waals surface area contributed by atoms with Crippen molar-refractivity contribution in [1.82, 2.24) is 9.66 Å². The Hall–Kier alpha value is -3.18. The predicted molar refractivity (Wildman–Crippen MR) is 127 cm³/mol. The highest BCUT2D eigenvalue weighted by Gasteiger charge is 2.23. The summed E-state index contributed by atoms with van der Waals surface area (Å²) < 4.78 is 7.72. The second-order valence-electron chi connectivity index (χ2n) is 8.27. The van der Waals surface area contributed by atoms with Gasteiger partial charge in [0.1, 0.15) is 17.6 Å². The quantitative estimate of drug-likeness (QED) is 0.507. The molecule has 0 fully saturated rings. The Bertz CT molecular complexity index is 1250. The highest BCUT2D eigenvalue weighted by atomic mass is 79.9. The van der Waals surface area contributed by atoms with Gasteiger partial charge in [0.15, 0.2) is 6.61 Å². The van der Waals surface area contributed by atoms with Crippen molar-refractivity contribution in [3.05, 3.63) is 62.6 Å². The van der Waals surface area contributed by atoms with Crippen LogP contribution in [-0.4, -0.2) is 36.6 Å². The fourth-order valence-corrected chi connectivity index (χ4v) is 3.37. The summed E-state index contributed by atoms with van der Waals surface area (Å²) in [6.45, 7) is 5.87. The number of aromatic nitrogens is 2. The number of fused-ring (bicyclic) bond motifs is 1. The van der Waals surface area contributed by atoms with E-state index >= 15 is 0 Å². The SMILES string of the molecule is CN(C)c1ccc(C=Nn2c(C(C)(C)C)nc3ccc(Br)cc3c2=O)c(OCC#N)c1. The number of benzene rings is 2. The van der Waals surface area contributed by atoms with Crippen LogP contribution in [0, 0.1) is 11.3 Å². The third-order valence-corrected chi connectivity index (χ3v) is 5.09. The molecule has 2 aromatic carbocycles. The van der Waals surface area contributed by atoms with Gasteiger partial charge in [0.25, 0.3) is 5.56 Å². The molecule has 0 saturated heterocycles. The van der Waals surface area contributed by atoms with Crippen LogP contribution in [-0.2, 0) is 5.41 Å². The highest BCUT2D eigenvalue weighted by Crippen LogP contribution is 2.25. The van der Waals surface area contributed by atoms with Gasteiger partial charge in [-0.15, -0.1) is 0 Å². The van der Waals surface area contributed by atoms with Crippen LogP contribution in [0.2, 0.25) is 0 Å². The molecule has 0 unspecified atom stereocenters. The van der Waals surface area contributed by atoms with Crippen LogP contribution in [0.3, 0.4) is 0 Å². The van der Waals surface area contributed by atoms with E-state index in [0.717, 1.165) is 10.2 Å². The lowest BCUT2D eigenvalue weighted by Gasteiger charge is -2.21. The lowest BCUT2D eigenvalue weighted by atomic mass is 9.95. The Morgan fingerprint density at radius 2 is 2.00 bits per heavy atom. The summed E-state index contributed by atoms with van der Waals surface area (Å²) in [5, 5.41) is 13.9. The normalized spacial score (nSPS) is 11.6. The molecule has 3 rings (SSSR count). The number of nitrogens with zero attached hydrogens (tertiary/aromatic N) is 5. The number of halogens is 1. The first-order chi connectivity index (χ1) is 14.6. The minimum atomic E-state index is -0.410. The van der Waals surface area contributed by atoms with Crippen molar-refractivity contribution >= 4 is 38.7 Å². The third kappa shape index (κ3) is 4.94. The summed E-state index contributed by atoms with van der Waals surface area (Å²) in [7, 11) is 3.84. The Kier molecular flexibility index (Phi) is 6.46. The number of hydrogen-bond acceptors (Lipinski definition) is 6. The van der Waals surface area contributed by atoms with Crippen molar-refractivity contribution < 1.29 is 4.74 Å². The molecule has 7 nitrogen and oxygen atoms in total. The van der Waals surface area contributed by atoms with E-state index in [9.17, 15) is 4.79 Å². The molecule has 0 atom stereocenters. The molecule has 160 valence electrons. The van der Waals surface area contributed by atoms with Crippen molar-refractivity contribution in [3.63, 3.8) is 0 Å². The van der Waals surface area contributed by atoms with Gasteiger partial charge in [-0.05, 0) is 30.3 Å². The smallest absolute Gasteiger partial charge is 0.282 e. The second kappa shape index (κ2) is 8.90. The van der Waals surface area contributed by atoms with Crippen molar-refractivity contribution in [3.8, 4) is 11.8 Å². The molecule has 0 aliphatic heterocycles. The maximum Gasteiger partial charge on any atom is 0.282 e. The van der Waals surface area contributed by atoms with Crippen LogP contribution < -0.4 is 15.2 Å². The van der Waals surface area contributed by atoms with Crippen LogP contribution >= 0.6 is 15.9 Å². The Labute approximate surface area is 189 Å². The summed E-state index contributed by atoms with van der Waals surface area (Å²) in [6, 6.07) is 13.0. The maximum absolute atomic E-state index is 13.3. The molecule has 0 aliphatic rings. The number of rotatable bonds is 5. The largest absolute Gasteiger partial charge is 0.478 e. The monoisotopic (exact) mass is 481 g/mol. The zero-order valence-electron chi connectivity index (χ0n) is 18.2. The van der Waals surface area contributed by atoms with Crippen molar-refractivity contribution in [1.29, 1.82) is 5.26 Å². The Morgan fingerprint density at radius 1 is 1.26 bits per heavy atom. The van der Waals surface area contributed by atoms with Gasteiger partial charge in [-0.2, -0.15) is 15.0 Å². The minimum Gasteiger partial charge on any atom is -0.478 e. The topological polar surface area (TPSA) is 83.5 Å². The first-order valence-electron chi connectivity index (χ1n) is 9.70. The summed E-state index contributed by atoms with van der Waals surface area (Å²) in [5.74, 6) is 1.06. The minimum absolute atomic E-state index is 0.0868. The predicted octanol–water partition coefficient (Wildman–Crippen LogP) is 4.31. The molecule has 0 amide bonds. The first kappa shape index (κ1) is 22.5. The molecule has 31 heavy (non-hydrogen) atoms. The Morgan fingerprint density at radius 3 is 2.65 bits per heavy atom. The van der Waals surface area contributed by atoms with E-state index in [-0.39, 0.29) is 12.2 Å². The van der Waals surface area contributed by atoms with Gasteiger partial charge in [-0.3, -0.25) is 4.79 Å². The molecular weight excluding hydrogens is 458 g/mol. The number of anilines is 1. The Balaban J connectivity index is 2.18. The summed E-state index contributed by atoms with van der Waals surface area (Å²) in [6.07, 6.45) is 1.56. The average Bonchev–Trinajstić information content (AvgIpc) is 2.71. The molecule has 1 aromatic heterocycles. The molecule has 3 aromatic rings. The van der Waals surface area contributed by atoms with E-state index < -0.39 is 5.41 Å². The molecule has 8 heteroatoms. The molecule has 0 spiro atoms. The van der Waals surface area contributed by atoms with Crippen LogP contribution in [0.5, 0.6) is 5.75 Å². The molecular formula is C23H24BrN5O2. The first-order valence-corrected chi connectivity index (χ1v) is 10.5. The van der Waals surface area contributed by atoms with Gasteiger partial charge in [-0.25, -0.2) is 4.98 Å². The molecule has 0 bridgehead atoms. The van der Waals surface area contributed by atoms with Gasteiger partial charge < -0.3 is 9.64 Å². The van der Waals surface area contributed by atoms with Gasteiger partial charge in [0.2, 0.25) is 0 Å². The average molecular weight is 482 g/mol. The fourth-order valence-electron chi connectivity index (χ4n) is 3.00. The van der Waals surface area contributed by atoms with Gasteiger partial charge in [0, 0.05) is 41.3 Å². The van der Waals surface area contributed by atoms with Crippen LogP contribution in [0.1, 0.15) is 32.2 Å². The van der Waals surface area contributed by atoms with Crippen LogP contribution in [0.15, 0.2) is 50.8 Å². The number of nitriles is 1. The standard InChI is InChI=1S/C23H24BrN5O2/c1-23(2,3)22-27-19-9-7-16(24)12-18(19)21(30)29(22)26-14-15-6-8-17(28(4)5)13-20(15)31-11-10-25/h6-9,12-14H,11H2,1-5H3. The molecule has 0 saturated carbocycles. The lowest BCUT2D eigenvalue weighted by Crippen LogP contribution is -2.29. The van der Waals surface area contributed by atoms with E-state index in [0.29, 0.717) is 28.0 Å². The highest BCUT2D eigenvalue weighted by molar-refractivity contribution is 9.10. The van der Waals surface area contributed by atoms with Gasteiger partial charge in [0.05, 0.1) is 17.1 Å². The van der Waals surface area contributed by atoms with E-state index in [1.54, 1.807) is 12.3 Å². The van der Waals surface area contributed by atoms with E-state index in [1.807, 2.05) is 76.2 Å². The molecule has 0 aliphatic carbocycles. The van der Waals surface area contributed by atoms with E-state index in [2.05, 4.69) is 21.0 Å². The van der Waals surface area contributed by atoms with Crippen LogP contribution in [0.25, 0.3) is 10.9 Å².